The molecule has 2 aromatic rings. The normalized spacial score (nSPS) is 10.4. The number of nitrogens with one attached hydrogen (secondary N) is 1. The summed E-state index contributed by atoms with van der Waals surface area (Å²) in [7, 11) is 4.67. The minimum atomic E-state index is -0.116. The Balaban J connectivity index is 2.05. The smallest absolute Gasteiger partial charge is 0.242 e. The molecule has 1 aromatic carbocycles. The minimum Gasteiger partial charge on any atom is -0.493 e. The zero-order valence-electron chi connectivity index (χ0n) is 14.7. The van der Waals surface area contributed by atoms with Crippen molar-refractivity contribution in [3.8, 4) is 17.2 Å². The van der Waals surface area contributed by atoms with Crippen molar-refractivity contribution in [2.75, 3.05) is 21.3 Å². The molecule has 0 aliphatic rings. The number of methoxy groups -OCH3 is 3. The molecule has 0 unspecified atom stereocenters. The number of amides is 1. The maximum Gasteiger partial charge on any atom is 0.242 e. The molecule has 0 spiro atoms. The third kappa shape index (κ3) is 3.98. The number of hydrogen-bond donors (Lipinski definition) is 1. The van der Waals surface area contributed by atoms with E-state index in [2.05, 4.69) is 10.4 Å². The van der Waals surface area contributed by atoms with Crippen LogP contribution in [-0.2, 0) is 17.9 Å². The van der Waals surface area contributed by atoms with Crippen LogP contribution in [0.4, 0.5) is 0 Å². The fraction of sp³-hybridized carbons (Fsp3) is 0.412. The third-order valence-electron chi connectivity index (χ3n) is 3.61. The van der Waals surface area contributed by atoms with Crippen molar-refractivity contribution >= 4 is 5.91 Å². The first-order valence-electron chi connectivity index (χ1n) is 7.55. The second kappa shape index (κ2) is 7.72. The van der Waals surface area contributed by atoms with E-state index in [1.807, 2.05) is 32.0 Å². The van der Waals surface area contributed by atoms with Crippen molar-refractivity contribution in [1.82, 2.24) is 15.1 Å². The Bertz CT molecular complexity index is 700. The van der Waals surface area contributed by atoms with Gasteiger partial charge in [-0.2, -0.15) is 5.10 Å². The second-order valence-electron chi connectivity index (χ2n) is 5.40. The van der Waals surface area contributed by atoms with Gasteiger partial charge in [0.1, 0.15) is 6.54 Å². The number of nitrogens with zero attached hydrogens (tertiary/aromatic N) is 2. The van der Waals surface area contributed by atoms with Crippen molar-refractivity contribution in [1.29, 1.82) is 0 Å². The molecule has 1 amide bonds. The maximum absolute atomic E-state index is 12.1. The van der Waals surface area contributed by atoms with Crippen molar-refractivity contribution in [3.63, 3.8) is 0 Å². The molecule has 1 heterocycles. The molecule has 0 aliphatic carbocycles. The van der Waals surface area contributed by atoms with Crippen LogP contribution in [0.25, 0.3) is 0 Å². The molecule has 7 heteroatoms. The summed E-state index contributed by atoms with van der Waals surface area (Å²) < 4.78 is 17.6. The van der Waals surface area contributed by atoms with Crippen LogP contribution in [0.15, 0.2) is 18.2 Å². The molecular formula is C17H23N3O4. The number of ether oxygens (including phenoxy) is 3. The Hall–Kier alpha value is -2.70. The lowest BCUT2D eigenvalue weighted by atomic mass is 10.1. The number of aryl methyl sites for hydroxylation is 2. The molecular weight excluding hydrogens is 310 g/mol. The van der Waals surface area contributed by atoms with E-state index >= 15 is 0 Å². The summed E-state index contributed by atoms with van der Waals surface area (Å²) in [5.41, 5.74) is 2.70. The van der Waals surface area contributed by atoms with Gasteiger partial charge in [-0.15, -0.1) is 0 Å². The average molecular weight is 333 g/mol. The van der Waals surface area contributed by atoms with Crippen LogP contribution in [0.5, 0.6) is 17.2 Å². The Morgan fingerprint density at radius 2 is 1.71 bits per heavy atom. The van der Waals surface area contributed by atoms with Crippen LogP contribution in [0.1, 0.15) is 17.0 Å². The van der Waals surface area contributed by atoms with Gasteiger partial charge in [-0.25, -0.2) is 0 Å². The second-order valence-corrected chi connectivity index (χ2v) is 5.40. The van der Waals surface area contributed by atoms with Gasteiger partial charge in [0.2, 0.25) is 11.7 Å². The van der Waals surface area contributed by atoms with Crippen LogP contribution >= 0.6 is 0 Å². The molecule has 0 radical (unpaired) electrons. The summed E-state index contributed by atoms with van der Waals surface area (Å²) in [5, 5.41) is 7.15. The van der Waals surface area contributed by atoms with Gasteiger partial charge in [0, 0.05) is 12.2 Å². The number of rotatable bonds is 7. The standard InChI is InChI=1S/C17H23N3O4/c1-11-6-12(2)20(19-11)10-16(21)18-9-13-7-14(22-3)17(24-5)15(8-13)23-4/h6-8H,9-10H2,1-5H3,(H,18,21). The molecule has 0 atom stereocenters. The first-order valence-corrected chi connectivity index (χ1v) is 7.55. The van der Waals surface area contributed by atoms with Crippen molar-refractivity contribution < 1.29 is 19.0 Å². The lowest BCUT2D eigenvalue weighted by Crippen LogP contribution is -2.28. The number of benzene rings is 1. The molecule has 1 aromatic heterocycles. The molecule has 0 saturated heterocycles. The predicted molar refractivity (Wildman–Crippen MR) is 89.6 cm³/mol. The highest BCUT2D eigenvalue weighted by Crippen LogP contribution is 2.38. The molecule has 2 rings (SSSR count). The fourth-order valence-corrected chi connectivity index (χ4v) is 2.47. The topological polar surface area (TPSA) is 74.6 Å². The van der Waals surface area contributed by atoms with E-state index in [9.17, 15) is 4.79 Å². The number of carbonyl (C=O) groups is 1. The molecule has 7 nitrogen and oxygen atoms in total. The summed E-state index contributed by atoms with van der Waals surface area (Å²) in [6.07, 6.45) is 0. The summed E-state index contributed by atoms with van der Waals surface area (Å²) in [6.45, 7) is 4.36. The van der Waals surface area contributed by atoms with E-state index in [1.54, 1.807) is 26.0 Å². The lowest BCUT2D eigenvalue weighted by Gasteiger charge is -2.14. The molecule has 0 saturated carbocycles. The van der Waals surface area contributed by atoms with Crippen LogP contribution in [0.2, 0.25) is 0 Å². The molecule has 0 fully saturated rings. The average Bonchev–Trinajstić information content (AvgIpc) is 2.88. The molecule has 0 bridgehead atoms. The lowest BCUT2D eigenvalue weighted by molar-refractivity contribution is -0.122. The van der Waals surface area contributed by atoms with E-state index in [4.69, 9.17) is 14.2 Å². The zero-order chi connectivity index (χ0) is 17.7. The number of aromatic nitrogens is 2. The Morgan fingerprint density at radius 3 is 2.17 bits per heavy atom. The van der Waals surface area contributed by atoms with Crippen LogP contribution in [0.3, 0.4) is 0 Å². The molecule has 0 aliphatic heterocycles. The Kier molecular flexibility index (Phi) is 5.68. The van der Waals surface area contributed by atoms with Gasteiger partial charge in [-0.3, -0.25) is 9.48 Å². The third-order valence-corrected chi connectivity index (χ3v) is 3.61. The molecule has 130 valence electrons. The van der Waals surface area contributed by atoms with Gasteiger partial charge in [0.15, 0.2) is 11.5 Å². The highest BCUT2D eigenvalue weighted by atomic mass is 16.5. The van der Waals surface area contributed by atoms with Crippen molar-refractivity contribution in [2.24, 2.45) is 0 Å². The summed E-state index contributed by atoms with van der Waals surface area (Å²) in [4.78, 5) is 12.1. The highest BCUT2D eigenvalue weighted by Gasteiger charge is 2.14. The molecule has 24 heavy (non-hydrogen) atoms. The monoisotopic (exact) mass is 333 g/mol. The van der Waals surface area contributed by atoms with E-state index in [1.165, 1.54) is 0 Å². The van der Waals surface area contributed by atoms with Crippen molar-refractivity contribution in [2.45, 2.75) is 26.9 Å². The zero-order valence-corrected chi connectivity index (χ0v) is 14.7. The SMILES string of the molecule is COc1cc(CNC(=O)Cn2nc(C)cc2C)cc(OC)c1OC. The summed E-state index contributed by atoms with van der Waals surface area (Å²) in [5.74, 6) is 1.52. The van der Waals surface area contributed by atoms with Gasteiger partial charge in [-0.1, -0.05) is 0 Å². The van der Waals surface area contributed by atoms with Crippen LogP contribution < -0.4 is 19.5 Å². The van der Waals surface area contributed by atoms with Gasteiger partial charge in [0.25, 0.3) is 0 Å². The largest absolute Gasteiger partial charge is 0.493 e. The van der Waals surface area contributed by atoms with Crippen LogP contribution in [-0.4, -0.2) is 37.0 Å². The van der Waals surface area contributed by atoms with E-state index in [-0.39, 0.29) is 12.5 Å². The van der Waals surface area contributed by atoms with Gasteiger partial charge >= 0.3 is 0 Å². The van der Waals surface area contributed by atoms with E-state index in [0.717, 1.165) is 17.0 Å². The van der Waals surface area contributed by atoms with Gasteiger partial charge in [-0.05, 0) is 37.6 Å². The van der Waals surface area contributed by atoms with Gasteiger partial charge in [0.05, 0.1) is 27.0 Å². The fourth-order valence-electron chi connectivity index (χ4n) is 2.47. The first-order chi connectivity index (χ1) is 11.5. The Morgan fingerprint density at radius 1 is 1.08 bits per heavy atom. The predicted octanol–water partition coefficient (Wildman–Crippen LogP) is 1.84. The molecule has 1 N–H and O–H groups in total. The van der Waals surface area contributed by atoms with E-state index in [0.29, 0.717) is 23.8 Å². The quantitative estimate of drug-likeness (QED) is 0.837. The maximum atomic E-state index is 12.1. The minimum absolute atomic E-state index is 0.116. The van der Waals surface area contributed by atoms with E-state index < -0.39 is 0 Å². The summed E-state index contributed by atoms with van der Waals surface area (Å²) >= 11 is 0. The summed E-state index contributed by atoms with van der Waals surface area (Å²) in [6, 6.07) is 5.56. The Labute approximate surface area is 141 Å². The number of hydrogen-bond acceptors (Lipinski definition) is 5. The first kappa shape index (κ1) is 17.7. The van der Waals surface area contributed by atoms with Crippen LogP contribution in [0, 0.1) is 13.8 Å². The highest BCUT2D eigenvalue weighted by molar-refractivity contribution is 5.75. The van der Waals surface area contributed by atoms with Gasteiger partial charge < -0.3 is 19.5 Å². The number of carbonyl (C=O) groups excluding carboxylic acids is 1. The van der Waals surface area contributed by atoms with Crippen molar-refractivity contribution in [3.05, 3.63) is 35.2 Å².